The molecule has 4 nitrogen and oxygen atoms in total. The van der Waals surface area contributed by atoms with Crippen molar-refractivity contribution < 1.29 is 19.2 Å². The Morgan fingerprint density at radius 1 is 1.17 bits per heavy atom. The third kappa shape index (κ3) is 1.90. The molecule has 18 heavy (non-hydrogen) atoms. The number of hydrogen-bond donors (Lipinski definition) is 1. The van der Waals surface area contributed by atoms with Gasteiger partial charge in [0.2, 0.25) is 0 Å². The molecule has 0 spiro atoms. The van der Waals surface area contributed by atoms with Crippen molar-refractivity contribution in [2.45, 2.75) is 63.5 Å². The summed E-state index contributed by atoms with van der Waals surface area (Å²) in [4.78, 5) is 11.7. The molecule has 1 N–H and O–H groups in total. The minimum atomic E-state index is -0.945. The Hall–Kier alpha value is -0.805. The van der Waals surface area contributed by atoms with E-state index in [1.54, 1.807) is 0 Å². The summed E-state index contributed by atoms with van der Waals surface area (Å²) >= 11 is 0. The molecule has 1 aliphatic carbocycles. The minimum absolute atomic E-state index is 0.471. The van der Waals surface area contributed by atoms with Crippen molar-refractivity contribution in [3.05, 3.63) is 12.2 Å². The molecule has 1 saturated heterocycles. The summed E-state index contributed by atoms with van der Waals surface area (Å²) in [6, 6.07) is 0. The van der Waals surface area contributed by atoms with E-state index in [-0.39, 0.29) is 0 Å². The maximum atomic E-state index is 11.7. The van der Waals surface area contributed by atoms with E-state index in [2.05, 4.69) is 0 Å². The van der Waals surface area contributed by atoms with Gasteiger partial charge in [0.25, 0.3) is 0 Å². The number of aliphatic carboxylic acids is 1. The first-order chi connectivity index (χ1) is 8.21. The van der Waals surface area contributed by atoms with Crippen LogP contribution in [0.4, 0.5) is 0 Å². The second kappa shape index (κ2) is 4.10. The molecule has 2 rings (SSSR count). The lowest BCUT2D eigenvalue weighted by molar-refractivity contribution is -0.142. The van der Waals surface area contributed by atoms with Gasteiger partial charge in [0.15, 0.2) is 0 Å². The van der Waals surface area contributed by atoms with Crippen LogP contribution in [-0.4, -0.2) is 29.4 Å². The van der Waals surface area contributed by atoms with Crippen molar-refractivity contribution in [3.63, 3.8) is 0 Å². The molecule has 0 aromatic carbocycles. The topological polar surface area (TPSA) is 55.8 Å². The molecular weight excluding hydrogens is 231 g/mol. The van der Waals surface area contributed by atoms with Gasteiger partial charge in [-0.1, -0.05) is 12.2 Å². The molecule has 0 radical (unpaired) electrons. The zero-order valence-corrected chi connectivity index (χ0v) is 11.5. The van der Waals surface area contributed by atoms with Gasteiger partial charge in [-0.2, -0.15) is 0 Å². The van der Waals surface area contributed by atoms with Crippen molar-refractivity contribution in [1.82, 2.24) is 0 Å². The summed E-state index contributed by atoms with van der Waals surface area (Å²) in [5, 5.41) is 8.65. The fourth-order valence-corrected chi connectivity index (χ4v) is 2.43. The fraction of sp³-hybridized carbons (Fsp3) is 0.769. The lowest BCUT2D eigenvalue weighted by Gasteiger charge is -2.32. The van der Waals surface area contributed by atoms with E-state index in [0.29, 0.717) is 12.8 Å². The van der Waals surface area contributed by atoms with E-state index in [9.17, 15) is 9.90 Å². The van der Waals surface area contributed by atoms with Gasteiger partial charge in [-0.25, -0.2) is 0 Å². The van der Waals surface area contributed by atoms with Gasteiger partial charge in [0.05, 0.1) is 11.2 Å². The van der Waals surface area contributed by atoms with Crippen LogP contribution in [0.2, 0.25) is 5.31 Å². The molecule has 1 heterocycles. The van der Waals surface area contributed by atoms with Gasteiger partial charge in [-0.05, 0) is 47.0 Å². The van der Waals surface area contributed by atoms with Crippen molar-refractivity contribution in [1.29, 1.82) is 0 Å². The number of carbonyl (C=O) groups is 1. The van der Waals surface area contributed by atoms with Crippen molar-refractivity contribution in [3.8, 4) is 0 Å². The Kier molecular flexibility index (Phi) is 3.10. The maximum absolute atomic E-state index is 11.7. The highest BCUT2D eigenvalue weighted by atomic mass is 16.7. The Morgan fingerprint density at radius 2 is 1.72 bits per heavy atom. The Bertz CT molecular complexity index is 372. The smallest absolute Gasteiger partial charge is 0.476 e. The van der Waals surface area contributed by atoms with Gasteiger partial charge in [-0.3, -0.25) is 4.79 Å². The van der Waals surface area contributed by atoms with E-state index in [1.165, 1.54) is 0 Å². The Balaban J connectivity index is 2.30. The molecule has 0 aromatic rings. The van der Waals surface area contributed by atoms with Crippen molar-refractivity contribution >= 4 is 13.1 Å². The zero-order chi connectivity index (χ0) is 13.6. The highest BCUT2D eigenvalue weighted by Crippen LogP contribution is 2.51. The summed E-state index contributed by atoms with van der Waals surface area (Å²) < 4.78 is 11.9. The van der Waals surface area contributed by atoms with Crippen LogP contribution in [0, 0.1) is 0 Å². The molecule has 2 aliphatic rings. The normalized spacial score (nSPS) is 33.7. The highest BCUT2D eigenvalue weighted by molar-refractivity contribution is 6.55. The van der Waals surface area contributed by atoms with E-state index >= 15 is 0 Å². The predicted octanol–water partition coefficient (Wildman–Crippen LogP) is 2.64. The molecule has 1 atom stereocenters. The van der Waals surface area contributed by atoms with Crippen LogP contribution in [0.25, 0.3) is 0 Å². The van der Waals surface area contributed by atoms with E-state index in [0.717, 1.165) is 6.42 Å². The van der Waals surface area contributed by atoms with Crippen LogP contribution < -0.4 is 0 Å². The molecule has 1 aliphatic heterocycles. The first-order valence-electron chi connectivity index (χ1n) is 6.45. The van der Waals surface area contributed by atoms with Crippen LogP contribution in [0.5, 0.6) is 0 Å². The number of carboxylic acid groups (broad SMARTS) is 1. The van der Waals surface area contributed by atoms with Crippen LogP contribution in [0.1, 0.15) is 47.0 Å². The van der Waals surface area contributed by atoms with Crippen molar-refractivity contribution in [2.24, 2.45) is 0 Å². The summed E-state index contributed by atoms with van der Waals surface area (Å²) in [7, 11) is -0.676. The zero-order valence-electron chi connectivity index (χ0n) is 11.5. The second-order valence-electron chi connectivity index (χ2n) is 6.26. The van der Waals surface area contributed by atoms with Crippen LogP contribution in [0.15, 0.2) is 12.2 Å². The van der Waals surface area contributed by atoms with Gasteiger partial charge in [0.1, 0.15) is 5.31 Å². The lowest BCUT2D eigenvalue weighted by atomic mass is 9.52. The molecule has 5 heteroatoms. The highest BCUT2D eigenvalue weighted by Gasteiger charge is 2.62. The molecule has 0 aromatic heterocycles. The van der Waals surface area contributed by atoms with E-state index in [4.69, 9.17) is 9.31 Å². The summed E-state index contributed by atoms with van der Waals surface area (Å²) in [6.07, 6.45) is 5.74. The maximum Gasteiger partial charge on any atom is 0.476 e. The number of rotatable bonds is 2. The average molecular weight is 252 g/mol. The first-order valence-corrected chi connectivity index (χ1v) is 6.45. The SMILES string of the molecule is CC1(C)OB(C2(C(=O)O)CC=CCC2)OC1(C)C. The number of hydrogen-bond acceptors (Lipinski definition) is 3. The quantitative estimate of drug-likeness (QED) is 0.606. The third-order valence-corrected chi connectivity index (χ3v) is 4.54. The molecule has 0 bridgehead atoms. The van der Waals surface area contributed by atoms with Crippen molar-refractivity contribution in [2.75, 3.05) is 0 Å². The van der Waals surface area contributed by atoms with E-state index in [1.807, 2.05) is 39.8 Å². The van der Waals surface area contributed by atoms with E-state index < -0.39 is 29.6 Å². The second-order valence-corrected chi connectivity index (χ2v) is 6.26. The fourth-order valence-electron chi connectivity index (χ4n) is 2.43. The van der Waals surface area contributed by atoms with Crippen LogP contribution in [-0.2, 0) is 14.1 Å². The molecule has 1 unspecified atom stereocenters. The largest absolute Gasteiger partial charge is 0.481 e. The molecule has 0 amide bonds. The average Bonchev–Trinajstić information content (AvgIpc) is 2.49. The predicted molar refractivity (Wildman–Crippen MR) is 69.4 cm³/mol. The number of allylic oxidation sites excluding steroid dienone is 2. The molecular formula is C13H21BO4. The number of carboxylic acids is 1. The van der Waals surface area contributed by atoms with Gasteiger partial charge >= 0.3 is 13.1 Å². The van der Waals surface area contributed by atoms with Gasteiger partial charge in [0, 0.05) is 0 Å². The summed E-state index contributed by atoms with van der Waals surface area (Å²) in [5.74, 6) is -0.828. The Labute approximate surface area is 108 Å². The summed E-state index contributed by atoms with van der Waals surface area (Å²) in [6.45, 7) is 7.78. The lowest BCUT2D eigenvalue weighted by Crippen LogP contribution is -2.42. The standard InChI is InChI=1S/C13H21BO4/c1-11(2)12(3,4)18-14(17-11)13(10(15)16)8-6-5-7-9-13/h5-6H,7-9H2,1-4H3,(H,15,16). The van der Waals surface area contributed by atoms with Crippen LogP contribution in [0.3, 0.4) is 0 Å². The Morgan fingerprint density at radius 3 is 2.11 bits per heavy atom. The van der Waals surface area contributed by atoms with Crippen LogP contribution >= 0.6 is 0 Å². The molecule has 0 saturated carbocycles. The van der Waals surface area contributed by atoms with Gasteiger partial charge < -0.3 is 14.4 Å². The summed E-state index contributed by atoms with van der Waals surface area (Å²) in [5.41, 5.74) is -0.970. The first kappa shape index (κ1) is 13.6. The van der Waals surface area contributed by atoms with Gasteiger partial charge in [-0.15, -0.1) is 0 Å². The third-order valence-electron chi connectivity index (χ3n) is 4.54. The minimum Gasteiger partial charge on any atom is -0.481 e. The molecule has 1 fully saturated rings. The monoisotopic (exact) mass is 252 g/mol. The molecule has 100 valence electrons.